The standard InChI is InChI=1S/C27H32N6O3/c1-16-19-10-9-17(12-22(19)32(6)30-16)25(34)29-24-14-21-18(15-28-24)13-23(20-8-7-11-31(20)5)33(21)26(35)36-27(2,3)4/h9-10,12-15,20H,7-8,11H2,1-6H3,(H,28,29,34)/t20-/m1/s1/i5D3. The van der Waals surface area contributed by atoms with E-state index in [1.807, 2.05) is 20.0 Å². The summed E-state index contributed by atoms with van der Waals surface area (Å²) in [5, 5.41) is 8.83. The molecule has 1 N–H and O–H groups in total. The van der Waals surface area contributed by atoms with Gasteiger partial charge in [-0.2, -0.15) is 5.10 Å². The summed E-state index contributed by atoms with van der Waals surface area (Å²) < 4.78 is 32.8. The van der Waals surface area contributed by atoms with Gasteiger partial charge in [0.2, 0.25) is 0 Å². The lowest BCUT2D eigenvalue weighted by Crippen LogP contribution is -2.30. The van der Waals surface area contributed by atoms with E-state index in [1.54, 1.807) is 55.9 Å². The van der Waals surface area contributed by atoms with Gasteiger partial charge >= 0.3 is 6.09 Å². The third-order valence-corrected chi connectivity index (χ3v) is 6.42. The largest absolute Gasteiger partial charge is 0.443 e. The molecule has 1 aliphatic rings. The molecule has 36 heavy (non-hydrogen) atoms. The van der Waals surface area contributed by atoms with Crippen molar-refractivity contribution in [1.29, 1.82) is 0 Å². The smallest absolute Gasteiger partial charge is 0.419 e. The van der Waals surface area contributed by atoms with Crippen molar-refractivity contribution in [1.82, 2.24) is 24.2 Å². The van der Waals surface area contributed by atoms with Crippen LogP contribution in [0.5, 0.6) is 0 Å². The van der Waals surface area contributed by atoms with E-state index in [0.29, 0.717) is 41.5 Å². The van der Waals surface area contributed by atoms with Gasteiger partial charge in [-0.1, -0.05) is 6.07 Å². The van der Waals surface area contributed by atoms with Crippen molar-refractivity contribution in [2.75, 3.05) is 18.8 Å². The van der Waals surface area contributed by atoms with Crippen molar-refractivity contribution >= 4 is 39.6 Å². The Morgan fingerprint density at radius 3 is 2.75 bits per heavy atom. The van der Waals surface area contributed by atoms with E-state index in [1.165, 1.54) is 9.47 Å². The molecule has 1 aromatic carbocycles. The molecule has 0 spiro atoms. The monoisotopic (exact) mass is 491 g/mol. The van der Waals surface area contributed by atoms with Gasteiger partial charge in [-0.25, -0.2) is 14.3 Å². The fourth-order valence-corrected chi connectivity index (χ4v) is 4.79. The van der Waals surface area contributed by atoms with Crippen LogP contribution in [0.15, 0.2) is 36.5 Å². The van der Waals surface area contributed by atoms with Crippen molar-refractivity contribution in [3.63, 3.8) is 0 Å². The minimum Gasteiger partial charge on any atom is -0.443 e. The zero-order chi connectivity index (χ0) is 28.3. The van der Waals surface area contributed by atoms with Crippen LogP contribution < -0.4 is 5.32 Å². The van der Waals surface area contributed by atoms with Crippen LogP contribution in [-0.4, -0.2) is 55.4 Å². The van der Waals surface area contributed by atoms with Gasteiger partial charge in [0.1, 0.15) is 11.4 Å². The highest BCUT2D eigenvalue weighted by atomic mass is 16.6. The molecule has 1 aliphatic heterocycles. The predicted molar refractivity (Wildman–Crippen MR) is 139 cm³/mol. The molecule has 0 unspecified atom stereocenters. The van der Waals surface area contributed by atoms with E-state index in [-0.39, 0.29) is 11.7 Å². The third-order valence-electron chi connectivity index (χ3n) is 6.42. The van der Waals surface area contributed by atoms with Crippen molar-refractivity contribution in [3.8, 4) is 0 Å². The number of aromatic nitrogens is 4. The summed E-state index contributed by atoms with van der Waals surface area (Å²) in [6.07, 6.45) is 2.23. The van der Waals surface area contributed by atoms with Crippen LogP contribution in [0, 0.1) is 6.92 Å². The fourth-order valence-electron chi connectivity index (χ4n) is 4.79. The number of nitrogens with one attached hydrogen (secondary N) is 1. The molecule has 0 saturated carbocycles. The Hall–Kier alpha value is -3.72. The first kappa shape index (κ1) is 20.5. The molecule has 1 amide bonds. The van der Waals surface area contributed by atoms with Gasteiger partial charge in [-0.05, 0) is 72.3 Å². The summed E-state index contributed by atoms with van der Waals surface area (Å²) in [5.41, 5.74) is 2.38. The van der Waals surface area contributed by atoms with Crippen LogP contribution in [-0.2, 0) is 11.8 Å². The molecule has 1 saturated heterocycles. The Kier molecular flexibility index (Phi) is 4.97. The highest BCUT2D eigenvalue weighted by molar-refractivity contribution is 6.06. The molecule has 9 nitrogen and oxygen atoms in total. The number of anilines is 1. The highest BCUT2D eigenvalue weighted by Gasteiger charge is 2.30. The van der Waals surface area contributed by atoms with E-state index in [2.05, 4.69) is 15.4 Å². The van der Waals surface area contributed by atoms with Gasteiger partial charge < -0.3 is 10.1 Å². The Morgan fingerprint density at radius 1 is 1.19 bits per heavy atom. The number of fused-ring (bicyclic) bond motifs is 2. The quantitative estimate of drug-likeness (QED) is 0.432. The second-order valence-electron chi connectivity index (χ2n) is 10.3. The first-order valence-corrected chi connectivity index (χ1v) is 12.0. The van der Waals surface area contributed by atoms with Crippen molar-refractivity contribution in [2.24, 2.45) is 7.05 Å². The number of nitrogens with zero attached hydrogens (tertiary/aromatic N) is 5. The zero-order valence-electron chi connectivity index (χ0n) is 24.1. The number of benzene rings is 1. The number of aryl methyl sites for hydroxylation is 2. The van der Waals surface area contributed by atoms with E-state index >= 15 is 0 Å². The van der Waals surface area contributed by atoms with Crippen LogP contribution in [0.4, 0.5) is 10.6 Å². The Labute approximate surface area is 214 Å². The number of carbonyl (C=O) groups is 2. The molecule has 0 aliphatic carbocycles. The van der Waals surface area contributed by atoms with Crippen molar-refractivity contribution in [3.05, 3.63) is 53.5 Å². The molecule has 0 radical (unpaired) electrons. The topological polar surface area (TPSA) is 94.3 Å². The second kappa shape index (κ2) is 8.74. The summed E-state index contributed by atoms with van der Waals surface area (Å²) in [6.45, 7) is 5.33. The maximum Gasteiger partial charge on any atom is 0.419 e. The Bertz CT molecular complexity index is 1600. The molecule has 4 aromatic rings. The zero-order valence-corrected chi connectivity index (χ0v) is 21.1. The van der Waals surface area contributed by atoms with E-state index in [9.17, 15) is 9.59 Å². The van der Waals surface area contributed by atoms with Gasteiger partial charge in [0.15, 0.2) is 0 Å². The van der Waals surface area contributed by atoms with Gasteiger partial charge in [-0.15, -0.1) is 0 Å². The molecule has 3 aromatic heterocycles. The van der Waals surface area contributed by atoms with Gasteiger partial charge in [-0.3, -0.25) is 14.4 Å². The first-order valence-electron chi connectivity index (χ1n) is 13.5. The number of pyridine rings is 1. The van der Waals surface area contributed by atoms with Crippen molar-refractivity contribution in [2.45, 2.75) is 52.2 Å². The minimum atomic E-state index is -2.30. The predicted octanol–water partition coefficient (Wildman–Crippen LogP) is 5.03. The number of hydrogen-bond acceptors (Lipinski definition) is 6. The summed E-state index contributed by atoms with van der Waals surface area (Å²) in [5.74, 6) is -0.107. The molecule has 5 rings (SSSR count). The van der Waals surface area contributed by atoms with Crippen LogP contribution in [0.1, 0.15) is 65.5 Å². The van der Waals surface area contributed by atoms with Gasteiger partial charge in [0.25, 0.3) is 5.91 Å². The van der Waals surface area contributed by atoms with Crippen LogP contribution >= 0.6 is 0 Å². The number of carbonyl (C=O) groups excluding carboxylic acids is 2. The Morgan fingerprint density at radius 2 is 2.00 bits per heavy atom. The maximum absolute atomic E-state index is 13.4. The number of ether oxygens (including phenoxy) is 1. The lowest BCUT2D eigenvalue weighted by atomic mass is 10.1. The number of hydrogen-bond donors (Lipinski definition) is 1. The lowest BCUT2D eigenvalue weighted by molar-refractivity contribution is 0.0534. The van der Waals surface area contributed by atoms with E-state index in [4.69, 9.17) is 8.85 Å². The van der Waals surface area contributed by atoms with Gasteiger partial charge in [0, 0.05) is 45.5 Å². The highest BCUT2D eigenvalue weighted by Crippen LogP contribution is 2.35. The molecule has 1 fully saturated rings. The first-order chi connectivity index (χ1) is 18.2. The number of amides is 1. The molecule has 0 bridgehead atoms. The average molecular weight is 492 g/mol. The minimum absolute atomic E-state index is 0.252. The van der Waals surface area contributed by atoms with Crippen molar-refractivity contribution < 1.29 is 18.4 Å². The van der Waals surface area contributed by atoms with E-state index < -0.39 is 24.7 Å². The van der Waals surface area contributed by atoms with E-state index in [0.717, 1.165) is 16.6 Å². The second-order valence-corrected chi connectivity index (χ2v) is 10.3. The molecule has 188 valence electrons. The normalized spacial score (nSPS) is 18.2. The number of likely N-dealkylation sites (tertiary alicyclic amines) is 1. The third kappa shape index (κ3) is 4.35. The summed E-state index contributed by atoms with van der Waals surface area (Å²) in [4.78, 5) is 32.4. The maximum atomic E-state index is 13.4. The molecule has 4 heterocycles. The van der Waals surface area contributed by atoms with Crippen LogP contribution in [0.2, 0.25) is 0 Å². The molecular weight excluding hydrogens is 456 g/mol. The summed E-state index contributed by atoms with van der Waals surface area (Å²) in [7, 11) is 1.83. The average Bonchev–Trinajstić information content (AvgIpc) is 3.53. The van der Waals surface area contributed by atoms with Crippen LogP contribution in [0.3, 0.4) is 0 Å². The molecular formula is C27H32N6O3. The van der Waals surface area contributed by atoms with Crippen LogP contribution in [0.25, 0.3) is 21.8 Å². The molecule has 1 atom stereocenters. The molecule has 9 heteroatoms. The number of rotatable bonds is 3. The summed E-state index contributed by atoms with van der Waals surface area (Å²) >= 11 is 0. The summed E-state index contributed by atoms with van der Waals surface area (Å²) in [6, 6.07) is 8.27. The SMILES string of the molecule is [2H]C([2H])([2H])N1CCC[C@@H]1c1cc2cnc(NC(=O)c3ccc4c(C)nn(C)c4c3)cc2n1C(=O)OC(C)(C)C. The fraction of sp³-hybridized carbons (Fsp3) is 0.407. The lowest BCUT2D eigenvalue weighted by Gasteiger charge is -2.24. The Balaban J connectivity index is 1.54. The van der Waals surface area contributed by atoms with Gasteiger partial charge in [0.05, 0.1) is 22.8 Å².